The summed E-state index contributed by atoms with van der Waals surface area (Å²) < 4.78 is 0. The minimum Gasteiger partial charge on any atom is -0.399 e. The van der Waals surface area contributed by atoms with Crippen molar-refractivity contribution in [2.75, 3.05) is 5.73 Å². The maximum Gasteiger partial charge on any atom is 0.269 e. The van der Waals surface area contributed by atoms with Crippen LogP contribution < -0.4 is 5.73 Å². The van der Waals surface area contributed by atoms with Crippen molar-refractivity contribution in [2.24, 2.45) is 10.2 Å². The van der Waals surface area contributed by atoms with Gasteiger partial charge in [0.2, 0.25) is 0 Å². The summed E-state index contributed by atoms with van der Waals surface area (Å²) in [7, 11) is 0. The number of hydrogen-bond acceptors (Lipinski definition) is 5. The summed E-state index contributed by atoms with van der Waals surface area (Å²) in [4.78, 5) is 10.1. The van der Waals surface area contributed by atoms with Crippen LogP contribution in [-0.2, 0) is 0 Å². The predicted octanol–water partition coefficient (Wildman–Crippen LogP) is 4.21. The largest absolute Gasteiger partial charge is 0.399 e. The number of hydrogen-bond donors (Lipinski definition) is 1. The van der Waals surface area contributed by atoms with Gasteiger partial charge in [-0.15, -0.1) is 0 Å². The van der Waals surface area contributed by atoms with Crippen LogP contribution in [0, 0.1) is 24.0 Å². The zero-order chi connectivity index (χ0) is 14.7. The molecular weight excluding hydrogens is 256 g/mol. The summed E-state index contributed by atoms with van der Waals surface area (Å²) in [6.45, 7) is 3.81. The molecule has 0 saturated carbocycles. The normalized spacial score (nSPS) is 10.9. The van der Waals surface area contributed by atoms with Gasteiger partial charge in [-0.05, 0) is 49.2 Å². The van der Waals surface area contributed by atoms with Crippen LogP contribution >= 0.6 is 0 Å². The third kappa shape index (κ3) is 2.97. The SMILES string of the molecule is Cc1cc(/N=N/c2ccc([N+](=O)[O-])cc2)c(C)cc1N. The minimum absolute atomic E-state index is 0.0310. The number of nitro benzene ring substituents is 1. The molecule has 0 atom stereocenters. The summed E-state index contributed by atoms with van der Waals surface area (Å²) in [6.07, 6.45) is 0. The smallest absolute Gasteiger partial charge is 0.269 e. The van der Waals surface area contributed by atoms with Crippen molar-refractivity contribution in [3.8, 4) is 0 Å². The van der Waals surface area contributed by atoms with Crippen molar-refractivity contribution in [1.82, 2.24) is 0 Å². The molecule has 2 rings (SSSR count). The van der Waals surface area contributed by atoms with E-state index in [2.05, 4.69) is 10.2 Å². The van der Waals surface area contributed by atoms with E-state index in [0.717, 1.165) is 22.5 Å². The van der Waals surface area contributed by atoms with Gasteiger partial charge in [0.15, 0.2) is 0 Å². The molecule has 0 aliphatic heterocycles. The van der Waals surface area contributed by atoms with E-state index in [0.29, 0.717) is 5.69 Å². The molecule has 2 N–H and O–H groups in total. The number of aryl methyl sites for hydroxylation is 2. The van der Waals surface area contributed by atoms with Crippen molar-refractivity contribution in [2.45, 2.75) is 13.8 Å². The van der Waals surface area contributed by atoms with Crippen molar-refractivity contribution < 1.29 is 4.92 Å². The number of nitrogens with two attached hydrogens (primary N) is 1. The first-order valence-corrected chi connectivity index (χ1v) is 6.00. The highest BCUT2D eigenvalue weighted by Crippen LogP contribution is 2.27. The lowest BCUT2D eigenvalue weighted by Gasteiger charge is -2.04. The van der Waals surface area contributed by atoms with Gasteiger partial charge in [-0.1, -0.05) is 0 Å². The first-order valence-electron chi connectivity index (χ1n) is 6.00. The number of azo groups is 1. The monoisotopic (exact) mass is 270 g/mol. The molecule has 2 aromatic rings. The Kier molecular flexibility index (Phi) is 3.74. The number of benzene rings is 2. The Balaban J connectivity index is 2.25. The van der Waals surface area contributed by atoms with Gasteiger partial charge in [-0.25, -0.2) is 0 Å². The topological polar surface area (TPSA) is 93.9 Å². The van der Waals surface area contributed by atoms with Crippen LogP contribution in [0.2, 0.25) is 0 Å². The van der Waals surface area contributed by atoms with Crippen LogP contribution in [0.4, 0.5) is 22.7 Å². The van der Waals surface area contributed by atoms with Gasteiger partial charge in [0, 0.05) is 17.8 Å². The van der Waals surface area contributed by atoms with Gasteiger partial charge in [0.05, 0.1) is 16.3 Å². The third-order valence-electron chi connectivity index (χ3n) is 2.92. The van der Waals surface area contributed by atoms with E-state index in [1.54, 1.807) is 12.1 Å². The summed E-state index contributed by atoms with van der Waals surface area (Å²) in [5.74, 6) is 0. The van der Waals surface area contributed by atoms with Crippen LogP contribution in [0.25, 0.3) is 0 Å². The van der Waals surface area contributed by atoms with Crippen molar-refractivity contribution in [3.05, 3.63) is 57.6 Å². The lowest BCUT2D eigenvalue weighted by Crippen LogP contribution is -1.90. The molecule has 0 spiro atoms. The van der Waals surface area contributed by atoms with E-state index in [-0.39, 0.29) is 5.69 Å². The molecule has 0 saturated heterocycles. The second-order valence-corrected chi connectivity index (χ2v) is 4.47. The maximum atomic E-state index is 10.5. The molecule has 0 unspecified atom stereocenters. The molecule has 6 nitrogen and oxygen atoms in total. The number of rotatable bonds is 3. The molecular formula is C14H14N4O2. The Morgan fingerprint density at radius 2 is 1.70 bits per heavy atom. The lowest BCUT2D eigenvalue weighted by molar-refractivity contribution is -0.384. The fourth-order valence-electron chi connectivity index (χ4n) is 1.68. The van der Waals surface area contributed by atoms with E-state index in [1.807, 2.05) is 26.0 Å². The predicted molar refractivity (Wildman–Crippen MR) is 77.6 cm³/mol. The van der Waals surface area contributed by atoms with Crippen molar-refractivity contribution in [1.29, 1.82) is 0 Å². The van der Waals surface area contributed by atoms with E-state index in [9.17, 15) is 10.1 Å². The Labute approximate surface area is 116 Å². The molecule has 0 aromatic heterocycles. The Morgan fingerprint density at radius 1 is 1.05 bits per heavy atom. The fraction of sp³-hybridized carbons (Fsp3) is 0.143. The van der Waals surface area contributed by atoms with Crippen molar-refractivity contribution >= 4 is 22.7 Å². The average molecular weight is 270 g/mol. The van der Waals surface area contributed by atoms with Gasteiger partial charge in [-0.2, -0.15) is 10.2 Å². The quantitative estimate of drug-likeness (QED) is 0.391. The Morgan fingerprint density at radius 3 is 2.30 bits per heavy atom. The zero-order valence-corrected chi connectivity index (χ0v) is 11.2. The second-order valence-electron chi connectivity index (χ2n) is 4.47. The van der Waals surface area contributed by atoms with Crippen LogP contribution in [0.1, 0.15) is 11.1 Å². The van der Waals surface area contributed by atoms with Gasteiger partial charge < -0.3 is 5.73 Å². The van der Waals surface area contributed by atoms with Crippen molar-refractivity contribution in [3.63, 3.8) is 0 Å². The molecule has 0 fully saturated rings. The number of anilines is 1. The van der Waals surface area contributed by atoms with Gasteiger partial charge in [-0.3, -0.25) is 10.1 Å². The number of nitrogens with zero attached hydrogens (tertiary/aromatic N) is 3. The minimum atomic E-state index is -0.450. The molecule has 6 heteroatoms. The number of non-ortho nitro benzene ring substituents is 1. The fourth-order valence-corrected chi connectivity index (χ4v) is 1.68. The molecule has 20 heavy (non-hydrogen) atoms. The summed E-state index contributed by atoms with van der Waals surface area (Å²) in [5.41, 5.74) is 9.71. The lowest BCUT2D eigenvalue weighted by atomic mass is 10.1. The van der Waals surface area contributed by atoms with Crippen LogP contribution in [0.3, 0.4) is 0 Å². The molecule has 0 aliphatic rings. The third-order valence-corrected chi connectivity index (χ3v) is 2.92. The molecule has 0 bridgehead atoms. The summed E-state index contributed by atoms with van der Waals surface area (Å²) in [5, 5.41) is 18.8. The first kappa shape index (κ1) is 13.7. The summed E-state index contributed by atoms with van der Waals surface area (Å²) >= 11 is 0. The summed E-state index contributed by atoms with van der Waals surface area (Å²) in [6, 6.07) is 9.62. The van der Waals surface area contributed by atoms with Crippen LogP contribution in [-0.4, -0.2) is 4.92 Å². The van der Waals surface area contributed by atoms with Crippen LogP contribution in [0.5, 0.6) is 0 Å². The average Bonchev–Trinajstić information content (AvgIpc) is 2.42. The first-order chi connectivity index (χ1) is 9.47. The number of nitro groups is 1. The highest BCUT2D eigenvalue weighted by Gasteiger charge is 2.04. The molecule has 0 amide bonds. The Hall–Kier alpha value is -2.76. The van der Waals surface area contributed by atoms with Gasteiger partial charge in [0.1, 0.15) is 0 Å². The molecule has 0 heterocycles. The maximum absolute atomic E-state index is 10.5. The standard InChI is InChI=1S/C14H14N4O2/c1-9-8-14(10(2)7-13(9)15)17-16-11-3-5-12(6-4-11)18(19)20/h3-8H,15H2,1-2H3/b17-16+. The second kappa shape index (κ2) is 5.48. The highest BCUT2D eigenvalue weighted by atomic mass is 16.6. The molecule has 0 aliphatic carbocycles. The van der Waals surface area contributed by atoms with E-state index in [4.69, 9.17) is 5.73 Å². The molecule has 2 aromatic carbocycles. The number of nitrogen functional groups attached to an aromatic ring is 1. The van der Waals surface area contributed by atoms with Gasteiger partial charge in [0.25, 0.3) is 5.69 Å². The zero-order valence-electron chi connectivity index (χ0n) is 11.2. The highest BCUT2D eigenvalue weighted by molar-refractivity contribution is 5.59. The van der Waals surface area contributed by atoms with E-state index < -0.39 is 4.92 Å². The molecule has 0 radical (unpaired) electrons. The van der Waals surface area contributed by atoms with E-state index >= 15 is 0 Å². The molecule has 102 valence electrons. The van der Waals surface area contributed by atoms with E-state index in [1.165, 1.54) is 12.1 Å². The Bertz CT molecular complexity index is 678. The van der Waals surface area contributed by atoms with Gasteiger partial charge >= 0.3 is 0 Å². The van der Waals surface area contributed by atoms with Crippen LogP contribution in [0.15, 0.2) is 46.6 Å².